The number of hydrogen-bond acceptors (Lipinski definition) is 2. The molecule has 0 aliphatic heterocycles. The zero-order valence-corrected chi connectivity index (χ0v) is 8.94. The minimum absolute atomic E-state index is 0.0142. The topological polar surface area (TPSA) is 38.0 Å². The lowest BCUT2D eigenvalue weighted by Gasteiger charge is -2.04. The molecule has 0 fully saturated rings. The molecule has 3 nitrogen and oxygen atoms in total. The molecule has 0 saturated heterocycles. The van der Waals surface area contributed by atoms with Gasteiger partial charge in [0, 0.05) is 11.9 Å². The van der Waals surface area contributed by atoms with Crippen molar-refractivity contribution in [2.45, 2.75) is 20.5 Å². The van der Waals surface area contributed by atoms with Gasteiger partial charge in [-0.05, 0) is 26.0 Å². The zero-order valence-electron chi connectivity index (χ0n) is 8.94. The van der Waals surface area contributed by atoms with E-state index in [0.717, 1.165) is 11.5 Å². The highest BCUT2D eigenvalue weighted by molar-refractivity contribution is 5.36. The van der Waals surface area contributed by atoms with Gasteiger partial charge >= 0.3 is 0 Å². The van der Waals surface area contributed by atoms with E-state index in [1.54, 1.807) is 0 Å². The molecule has 1 N–H and O–H groups in total. The average molecular weight is 202 g/mol. The third kappa shape index (κ3) is 1.92. The second kappa shape index (κ2) is 3.87. The van der Waals surface area contributed by atoms with Crippen LogP contribution in [0, 0.1) is 13.8 Å². The van der Waals surface area contributed by atoms with Crippen molar-refractivity contribution in [1.82, 2.24) is 9.55 Å². The SMILES string of the molecule is Cc1ccc(-n2cc(CO)nc2C)cc1. The van der Waals surface area contributed by atoms with Crippen molar-refractivity contribution < 1.29 is 5.11 Å². The van der Waals surface area contributed by atoms with Crippen LogP contribution in [0.1, 0.15) is 17.1 Å². The van der Waals surface area contributed by atoms with Gasteiger partial charge in [0.15, 0.2) is 0 Å². The maximum atomic E-state index is 8.99. The number of aryl methyl sites for hydroxylation is 2. The first-order valence-electron chi connectivity index (χ1n) is 4.93. The molecule has 0 atom stereocenters. The standard InChI is InChI=1S/C12H14N2O/c1-9-3-5-12(6-4-9)14-7-11(8-15)13-10(14)2/h3-7,15H,8H2,1-2H3. The van der Waals surface area contributed by atoms with E-state index in [2.05, 4.69) is 24.0 Å². The van der Waals surface area contributed by atoms with Crippen molar-refractivity contribution in [2.24, 2.45) is 0 Å². The Morgan fingerprint density at radius 3 is 2.40 bits per heavy atom. The van der Waals surface area contributed by atoms with Gasteiger partial charge in [-0.1, -0.05) is 17.7 Å². The van der Waals surface area contributed by atoms with Gasteiger partial charge in [0.05, 0.1) is 12.3 Å². The second-order valence-electron chi connectivity index (χ2n) is 3.64. The maximum absolute atomic E-state index is 8.99. The van der Waals surface area contributed by atoms with Crippen molar-refractivity contribution in [1.29, 1.82) is 0 Å². The first-order valence-corrected chi connectivity index (χ1v) is 4.93. The van der Waals surface area contributed by atoms with E-state index >= 15 is 0 Å². The Balaban J connectivity index is 2.44. The summed E-state index contributed by atoms with van der Waals surface area (Å²) in [6, 6.07) is 8.22. The fourth-order valence-corrected chi connectivity index (χ4v) is 1.58. The Bertz CT molecular complexity index is 457. The minimum atomic E-state index is -0.0142. The monoisotopic (exact) mass is 202 g/mol. The van der Waals surface area contributed by atoms with Gasteiger partial charge in [-0.15, -0.1) is 0 Å². The number of aromatic nitrogens is 2. The predicted octanol–water partition coefficient (Wildman–Crippen LogP) is 1.98. The molecule has 15 heavy (non-hydrogen) atoms. The van der Waals surface area contributed by atoms with Crippen LogP contribution in [-0.4, -0.2) is 14.7 Å². The van der Waals surface area contributed by atoms with E-state index < -0.39 is 0 Å². The molecular weight excluding hydrogens is 188 g/mol. The van der Waals surface area contributed by atoms with Crippen LogP contribution in [0.3, 0.4) is 0 Å². The molecule has 0 bridgehead atoms. The second-order valence-corrected chi connectivity index (χ2v) is 3.64. The Labute approximate surface area is 89.0 Å². The van der Waals surface area contributed by atoms with Crippen LogP contribution in [-0.2, 0) is 6.61 Å². The van der Waals surface area contributed by atoms with Crippen molar-refractivity contribution in [2.75, 3.05) is 0 Å². The molecule has 0 aliphatic carbocycles. The summed E-state index contributed by atoms with van der Waals surface area (Å²) < 4.78 is 1.98. The minimum Gasteiger partial charge on any atom is -0.390 e. The van der Waals surface area contributed by atoms with Gasteiger partial charge in [0.1, 0.15) is 5.82 Å². The predicted molar refractivity (Wildman–Crippen MR) is 59.0 cm³/mol. The molecule has 0 aliphatic rings. The summed E-state index contributed by atoms with van der Waals surface area (Å²) in [5.74, 6) is 0.892. The summed E-state index contributed by atoms with van der Waals surface area (Å²) in [5, 5.41) is 8.99. The van der Waals surface area contributed by atoms with E-state index in [0.29, 0.717) is 5.69 Å². The van der Waals surface area contributed by atoms with Crippen LogP contribution in [0.15, 0.2) is 30.5 Å². The van der Waals surface area contributed by atoms with Crippen molar-refractivity contribution in [3.05, 3.63) is 47.5 Å². The lowest BCUT2D eigenvalue weighted by atomic mass is 10.2. The van der Waals surface area contributed by atoms with Crippen LogP contribution < -0.4 is 0 Å². The van der Waals surface area contributed by atoms with Crippen LogP contribution in [0.25, 0.3) is 5.69 Å². The van der Waals surface area contributed by atoms with Gasteiger partial charge in [-0.25, -0.2) is 4.98 Å². The molecule has 0 amide bonds. The quantitative estimate of drug-likeness (QED) is 0.808. The van der Waals surface area contributed by atoms with E-state index in [4.69, 9.17) is 5.11 Å². The van der Waals surface area contributed by atoms with Gasteiger partial charge < -0.3 is 9.67 Å². The Kier molecular flexibility index (Phi) is 2.56. The van der Waals surface area contributed by atoms with E-state index in [1.807, 2.05) is 29.8 Å². The highest BCUT2D eigenvalue weighted by atomic mass is 16.3. The lowest BCUT2D eigenvalue weighted by molar-refractivity contribution is 0.277. The van der Waals surface area contributed by atoms with Crippen LogP contribution in [0.2, 0.25) is 0 Å². The number of nitrogens with zero attached hydrogens (tertiary/aromatic N) is 2. The van der Waals surface area contributed by atoms with Gasteiger partial charge in [-0.3, -0.25) is 0 Å². The summed E-state index contributed by atoms with van der Waals surface area (Å²) in [6.07, 6.45) is 1.86. The van der Waals surface area contributed by atoms with E-state index in [9.17, 15) is 0 Å². The Hall–Kier alpha value is -1.61. The van der Waals surface area contributed by atoms with Crippen molar-refractivity contribution in [3.8, 4) is 5.69 Å². The number of benzene rings is 1. The third-order valence-corrected chi connectivity index (χ3v) is 2.41. The zero-order chi connectivity index (χ0) is 10.8. The number of imidazole rings is 1. The first kappa shape index (κ1) is 9.93. The third-order valence-electron chi connectivity index (χ3n) is 2.41. The summed E-state index contributed by atoms with van der Waals surface area (Å²) in [7, 11) is 0. The molecule has 1 heterocycles. The Morgan fingerprint density at radius 2 is 1.87 bits per heavy atom. The van der Waals surface area contributed by atoms with E-state index in [1.165, 1.54) is 5.56 Å². The van der Waals surface area contributed by atoms with Crippen LogP contribution >= 0.6 is 0 Å². The van der Waals surface area contributed by atoms with Gasteiger partial charge in [-0.2, -0.15) is 0 Å². The van der Waals surface area contributed by atoms with Crippen LogP contribution in [0.5, 0.6) is 0 Å². The van der Waals surface area contributed by atoms with Gasteiger partial charge in [0.2, 0.25) is 0 Å². The molecule has 1 aromatic heterocycles. The highest BCUT2D eigenvalue weighted by Gasteiger charge is 2.04. The smallest absolute Gasteiger partial charge is 0.110 e. The molecule has 2 rings (SSSR count). The van der Waals surface area contributed by atoms with Gasteiger partial charge in [0.25, 0.3) is 0 Å². The average Bonchev–Trinajstić information content (AvgIpc) is 2.61. The molecule has 3 heteroatoms. The fraction of sp³-hybridized carbons (Fsp3) is 0.250. The molecule has 2 aromatic rings. The fourth-order valence-electron chi connectivity index (χ4n) is 1.58. The maximum Gasteiger partial charge on any atom is 0.110 e. The molecule has 1 aromatic carbocycles. The van der Waals surface area contributed by atoms with E-state index in [-0.39, 0.29) is 6.61 Å². The number of rotatable bonds is 2. The summed E-state index contributed by atoms with van der Waals surface area (Å²) in [4.78, 5) is 4.24. The first-order chi connectivity index (χ1) is 7.20. The summed E-state index contributed by atoms with van der Waals surface area (Å²) >= 11 is 0. The lowest BCUT2D eigenvalue weighted by Crippen LogP contribution is -1.94. The normalized spacial score (nSPS) is 10.6. The Morgan fingerprint density at radius 1 is 1.20 bits per heavy atom. The highest BCUT2D eigenvalue weighted by Crippen LogP contribution is 2.13. The molecule has 0 saturated carbocycles. The van der Waals surface area contributed by atoms with Crippen molar-refractivity contribution in [3.63, 3.8) is 0 Å². The molecule has 0 spiro atoms. The number of aliphatic hydroxyl groups excluding tert-OH is 1. The van der Waals surface area contributed by atoms with Crippen molar-refractivity contribution >= 4 is 0 Å². The largest absolute Gasteiger partial charge is 0.390 e. The summed E-state index contributed by atoms with van der Waals surface area (Å²) in [5.41, 5.74) is 3.01. The van der Waals surface area contributed by atoms with Crippen LogP contribution in [0.4, 0.5) is 0 Å². The summed E-state index contributed by atoms with van der Waals surface area (Å²) in [6.45, 7) is 3.97. The molecule has 78 valence electrons. The number of hydrogen-bond donors (Lipinski definition) is 1. The molecule has 0 radical (unpaired) electrons. The molecule has 0 unspecified atom stereocenters. The molecular formula is C12H14N2O. The number of aliphatic hydroxyl groups is 1.